The highest BCUT2D eigenvalue weighted by atomic mass is 19.1. The first kappa shape index (κ1) is 14.7. The van der Waals surface area contributed by atoms with Gasteiger partial charge in [0.05, 0.1) is 5.56 Å². The Hall–Kier alpha value is -1.69. The lowest BCUT2D eigenvalue weighted by molar-refractivity contribution is 0.0696. The van der Waals surface area contributed by atoms with E-state index in [4.69, 9.17) is 9.84 Å². The van der Waals surface area contributed by atoms with Crippen LogP contribution in [0, 0.1) is 17.6 Å². The Labute approximate surface area is 115 Å². The fourth-order valence-electron chi connectivity index (χ4n) is 1.79. The molecule has 0 bridgehead atoms. The van der Waals surface area contributed by atoms with Crippen LogP contribution in [0.1, 0.15) is 29.6 Å². The summed E-state index contributed by atoms with van der Waals surface area (Å²) in [6.45, 7) is 1.67. The number of carbonyl (C=O) groups is 1. The fourth-order valence-corrected chi connectivity index (χ4v) is 1.79. The summed E-state index contributed by atoms with van der Waals surface area (Å²) in [5.41, 5.74) is -0.699. The Bertz CT molecular complexity index is 466. The van der Waals surface area contributed by atoms with Crippen LogP contribution in [0.3, 0.4) is 0 Å². The molecule has 1 aromatic carbocycles. The predicted molar refractivity (Wildman–Crippen MR) is 70.0 cm³/mol. The lowest BCUT2D eigenvalue weighted by Crippen LogP contribution is -2.10. The maximum absolute atomic E-state index is 13.6. The molecule has 0 atom stereocenters. The van der Waals surface area contributed by atoms with Crippen molar-refractivity contribution in [1.82, 2.24) is 0 Å². The van der Waals surface area contributed by atoms with E-state index in [-0.39, 0.29) is 5.69 Å². The van der Waals surface area contributed by atoms with Crippen LogP contribution in [0.15, 0.2) is 12.1 Å². The van der Waals surface area contributed by atoms with Crippen LogP contribution < -0.4 is 5.32 Å². The van der Waals surface area contributed by atoms with Gasteiger partial charge in [0.1, 0.15) is 17.3 Å². The Morgan fingerprint density at radius 3 is 2.55 bits per heavy atom. The van der Waals surface area contributed by atoms with Gasteiger partial charge in [0, 0.05) is 19.8 Å². The third-order valence-corrected chi connectivity index (χ3v) is 3.11. The molecule has 1 saturated carbocycles. The zero-order valence-electron chi connectivity index (χ0n) is 11.0. The van der Waals surface area contributed by atoms with Gasteiger partial charge in [-0.2, -0.15) is 0 Å². The highest BCUT2D eigenvalue weighted by Crippen LogP contribution is 2.28. The summed E-state index contributed by atoms with van der Waals surface area (Å²) in [7, 11) is 0. The van der Waals surface area contributed by atoms with Gasteiger partial charge in [-0.3, -0.25) is 0 Å². The SMILES string of the molecule is O=C(O)c1cc(F)c(NCCCOCC2CC2)c(F)c1. The molecule has 1 aliphatic carbocycles. The molecule has 2 N–H and O–H groups in total. The van der Waals surface area contributed by atoms with Crippen molar-refractivity contribution in [2.24, 2.45) is 5.92 Å². The first-order chi connectivity index (χ1) is 9.58. The summed E-state index contributed by atoms with van der Waals surface area (Å²) in [6.07, 6.45) is 3.08. The summed E-state index contributed by atoms with van der Waals surface area (Å²) in [6, 6.07) is 1.61. The number of aromatic carboxylic acids is 1. The Balaban J connectivity index is 1.78. The summed E-state index contributed by atoms with van der Waals surface area (Å²) < 4.78 is 32.5. The molecule has 0 radical (unpaired) electrons. The molecule has 110 valence electrons. The lowest BCUT2D eigenvalue weighted by atomic mass is 10.2. The lowest BCUT2D eigenvalue weighted by Gasteiger charge is -2.09. The summed E-state index contributed by atoms with van der Waals surface area (Å²) in [4.78, 5) is 10.6. The molecule has 0 amide bonds. The van der Waals surface area contributed by atoms with Crippen LogP contribution in [-0.4, -0.2) is 30.8 Å². The molecule has 0 aromatic heterocycles. The number of hydrogen-bond donors (Lipinski definition) is 2. The minimum Gasteiger partial charge on any atom is -0.478 e. The molecule has 1 aliphatic rings. The van der Waals surface area contributed by atoms with Crippen molar-refractivity contribution in [2.75, 3.05) is 25.1 Å². The molecule has 20 heavy (non-hydrogen) atoms. The van der Waals surface area contributed by atoms with Gasteiger partial charge >= 0.3 is 5.97 Å². The number of hydrogen-bond acceptors (Lipinski definition) is 3. The van der Waals surface area contributed by atoms with E-state index < -0.39 is 23.2 Å². The van der Waals surface area contributed by atoms with Crippen LogP contribution in [0.2, 0.25) is 0 Å². The van der Waals surface area contributed by atoms with E-state index in [0.29, 0.717) is 25.5 Å². The molecule has 6 heteroatoms. The zero-order chi connectivity index (χ0) is 14.5. The number of nitrogens with one attached hydrogen (secondary N) is 1. The van der Waals surface area contributed by atoms with Crippen LogP contribution in [0.5, 0.6) is 0 Å². The number of ether oxygens (including phenoxy) is 1. The van der Waals surface area contributed by atoms with Crippen LogP contribution >= 0.6 is 0 Å². The van der Waals surface area contributed by atoms with E-state index in [9.17, 15) is 13.6 Å². The van der Waals surface area contributed by atoms with E-state index in [2.05, 4.69) is 5.32 Å². The minimum absolute atomic E-state index is 0.294. The fraction of sp³-hybridized carbons (Fsp3) is 0.500. The number of anilines is 1. The predicted octanol–water partition coefficient (Wildman–Crippen LogP) is 2.89. The minimum atomic E-state index is -1.36. The second kappa shape index (κ2) is 6.65. The van der Waals surface area contributed by atoms with E-state index >= 15 is 0 Å². The largest absolute Gasteiger partial charge is 0.478 e. The van der Waals surface area contributed by atoms with Crippen LogP contribution in [0.25, 0.3) is 0 Å². The molecular formula is C14H17F2NO3. The molecule has 2 rings (SSSR count). The number of benzene rings is 1. The first-order valence-corrected chi connectivity index (χ1v) is 6.62. The molecule has 0 saturated heterocycles. The van der Waals surface area contributed by atoms with Crippen molar-refractivity contribution in [3.05, 3.63) is 29.3 Å². The van der Waals surface area contributed by atoms with Gasteiger partial charge in [0.15, 0.2) is 0 Å². The van der Waals surface area contributed by atoms with E-state index in [1.165, 1.54) is 12.8 Å². The van der Waals surface area contributed by atoms with Gasteiger partial charge in [-0.15, -0.1) is 0 Å². The van der Waals surface area contributed by atoms with E-state index in [1.54, 1.807) is 0 Å². The number of rotatable bonds is 8. The van der Waals surface area contributed by atoms with Crippen molar-refractivity contribution in [2.45, 2.75) is 19.3 Å². The molecule has 0 spiro atoms. The summed E-state index contributed by atoms with van der Waals surface area (Å²) in [5.74, 6) is -2.47. The Morgan fingerprint density at radius 2 is 2.00 bits per heavy atom. The molecule has 1 aromatic rings. The standard InChI is InChI=1S/C14H17F2NO3/c15-11-6-10(14(18)19)7-12(16)13(11)17-4-1-5-20-8-9-2-3-9/h6-7,9,17H,1-5,8H2,(H,18,19). The molecule has 0 aliphatic heterocycles. The third kappa shape index (κ3) is 4.16. The Kier molecular flexibility index (Phi) is 4.89. The van der Waals surface area contributed by atoms with Crippen molar-refractivity contribution < 1.29 is 23.4 Å². The van der Waals surface area contributed by atoms with Crippen LogP contribution in [0.4, 0.5) is 14.5 Å². The van der Waals surface area contributed by atoms with Crippen molar-refractivity contribution in [3.8, 4) is 0 Å². The number of carboxylic acid groups (broad SMARTS) is 1. The molecular weight excluding hydrogens is 268 g/mol. The zero-order valence-corrected chi connectivity index (χ0v) is 11.0. The second-order valence-corrected chi connectivity index (χ2v) is 4.92. The molecule has 1 fully saturated rings. The molecule has 0 heterocycles. The summed E-state index contributed by atoms with van der Waals surface area (Å²) >= 11 is 0. The van der Waals surface area contributed by atoms with Gasteiger partial charge in [0.25, 0.3) is 0 Å². The number of carboxylic acids is 1. The highest BCUT2D eigenvalue weighted by molar-refractivity contribution is 5.88. The average molecular weight is 285 g/mol. The van der Waals surface area contributed by atoms with Gasteiger partial charge in [-0.05, 0) is 37.3 Å². The highest BCUT2D eigenvalue weighted by Gasteiger charge is 2.20. The Morgan fingerprint density at radius 1 is 1.35 bits per heavy atom. The third-order valence-electron chi connectivity index (χ3n) is 3.11. The monoisotopic (exact) mass is 285 g/mol. The number of halogens is 2. The van der Waals surface area contributed by atoms with E-state index in [1.807, 2.05) is 0 Å². The van der Waals surface area contributed by atoms with Crippen molar-refractivity contribution in [1.29, 1.82) is 0 Å². The quantitative estimate of drug-likeness (QED) is 0.721. The van der Waals surface area contributed by atoms with Crippen molar-refractivity contribution >= 4 is 11.7 Å². The maximum atomic E-state index is 13.6. The molecule has 0 unspecified atom stereocenters. The van der Waals surface area contributed by atoms with Crippen LogP contribution in [-0.2, 0) is 4.74 Å². The normalized spacial score (nSPS) is 14.3. The topological polar surface area (TPSA) is 58.6 Å². The van der Waals surface area contributed by atoms with Crippen molar-refractivity contribution in [3.63, 3.8) is 0 Å². The molecule has 4 nitrogen and oxygen atoms in total. The smallest absolute Gasteiger partial charge is 0.335 e. The summed E-state index contributed by atoms with van der Waals surface area (Å²) in [5, 5.41) is 11.3. The van der Waals surface area contributed by atoms with Gasteiger partial charge in [0.2, 0.25) is 0 Å². The van der Waals surface area contributed by atoms with Gasteiger partial charge < -0.3 is 15.2 Å². The average Bonchev–Trinajstić information content (AvgIpc) is 3.19. The van der Waals surface area contributed by atoms with Gasteiger partial charge in [-0.25, -0.2) is 13.6 Å². The maximum Gasteiger partial charge on any atom is 0.335 e. The van der Waals surface area contributed by atoms with Gasteiger partial charge in [-0.1, -0.05) is 0 Å². The first-order valence-electron chi connectivity index (χ1n) is 6.62. The van der Waals surface area contributed by atoms with E-state index in [0.717, 1.165) is 18.7 Å². The second-order valence-electron chi connectivity index (χ2n) is 4.92.